The third kappa shape index (κ3) is 8.36. The van der Waals surface area contributed by atoms with Gasteiger partial charge in [-0.25, -0.2) is 14.4 Å². The summed E-state index contributed by atoms with van der Waals surface area (Å²) < 4.78 is 9.85. The predicted molar refractivity (Wildman–Crippen MR) is 96.4 cm³/mol. The van der Waals surface area contributed by atoms with Gasteiger partial charge in [0, 0.05) is 6.42 Å². The third-order valence-electron chi connectivity index (χ3n) is 3.15. The van der Waals surface area contributed by atoms with Gasteiger partial charge < -0.3 is 25.4 Å². The molecule has 0 unspecified atom stereocenters. The topological polar surface area (TPSA) is 106 Å². The number of hydrogen-bond acceptors (Lipinski definition) is 5. The summed E-state index contributed by atoms with van der Waals surface area (Å²) in [5.41, 5.74) is 0.237. The van der Waals surface area contributed by atoms with Gasteiger partial charge in [-0.1, -0.05) is 30.3 Å². The van der Waals surface area contributed by atoms with Crippen molar-refractivity contribution < 1.29 is 23.9 Å². The second-order valence-corrected chi connectivity index (χ2v) is 6.75. The van der Waals surface area contributed by atoms with E-state index in [1.165, 1.54) is 7.11 Å². The van der Waals surface area contributed by atoms with E-state index in [1.54, 1.807) is 27.7 Å². The lowest BCUT2D eigenvalue weighted by Gasteiger charge is -2.23. The molecule has 1 aromatic rings. The smallest absolute Gasteiger partial charge is 0.409 e. The second-order valence-electron chi connectivity index (χ2n) is 6.75. The monoisotopic (exact) mass is 365 g/mol. The molecular formula is C18H27N3O5. The molecule has 3 amide bonds. The van der Waals surface area contributed by atoms with Gasteiger partial charge >= 0.3 is 18.1 Å². The number of benzene rings is 1. The number of carbonyl (C=O) groups excluding carboxylic acids is 3. The average molecular weight is 365 g/mol. The fourth-order valence-electron chi connectivity index (χ4n) is 2.10. The molecule has 2 atom stereocenters. The molecule has 0 saturated heterocycles. The van der Waals surface area contributed by atoms with Crippen molar-refractivity contribution in [2.24, 2.45) is 0 Å². The van der Waals surface area contributed by atoms with Crippen LogP contribution in [0.1, 0.15) is 33.3 Å². The van der Waals surface area contributed by atoms with Crippen LogP contribution in [0.25, 0.3) is 0 Å². The van der Waals surface area contributed by atoms with Crippen molar-refractivity contribution in [3.63, 3.8) is 0 Å². The number of rotatable bonds is 6. The molecule has 0 spiro atoms. The van der Waals surface area contributed by atoms with Crippen molar-refractivity contribution >= 4 is 18.1 Å². The van der Waals surface area contributed by atoms with Gasteiger partial charge in [0.1, 0.15) is 17.8 Å². The van der Waals surface area contributed by atoms with Gasteiger partial charge in [0.2, 0.25) is 0 Å². The molecule has 0 aromatic heterocycles. The minimum atomic E-state index is -0.851. The van der Waals surface area contributed by atoms with Gasteiger partial charge in [-0.05, 0) is 33.3 Å². The van der Waals surface area contributed by atoms with E-state index in [0.717, 1.165) is 5.56 Å². The number of hydrogen-bond donors (Lipinski definition) is 3. The van der Waals surface area contributed by atoms with Gasteiger partial charge in [0.15, 0.2) is 0 Å². The Morgan fingerprint density at radius 2 is 1.65 bits per heavy atom. The Morgan fingerprint density at radius 3 is 2.19 bits per heavy atom. The zero-order chi connectivity index (χ0) is 19.7. The van der Waals surface area contributed by atoms with E-state index in [1.807, 2.05) is 30.3 Å². The van der Waals surface area contributed by atoms with Crippen molar-refractivity contribution in [1.82, 2.24) is 16.0 Å². The minimum Gasteiger partial charge on any atom is -0.467 e. The zero-order valence-electron chi connectivity index (χ0n) is 15.8. The van der Waals surface area contributed by atoms with Crippen LogP contribution in [-0.2, 0) is 20.7 Å². The van der Waals surface area contributed by atoms with E-state index in [0.29, 0.717) is 0 Å². The van der Waals surface area contributed by atoms with Crippen LogP contribution in [0.2, 0.25) is 0 Å². The van der Waals surface area contributed by atoms with E-state index in [-0.39, 0.29) is 6.42 Å². The molecule has 0 bridgehead atoms. The quantitative estimate of drug-likeness (QED) is 0.528. The standard InChI is InChI=1S/C18H27N3O5/c1-12(20-17(24)26-18(2,3)4)19-16(23)21-14(15(22)25-5)11-13-9-7-6-8-10-13/h6-10,12,14H,11H2,1-5H3,(H,20,24)(H2,19,21,23)/t12-,14-/m0/s1. The summed E-state index contributed by atoms with van der Waals surface area (Å²) in [6.45, 7) is 6.79. The van der Waals surface area contributed by atoms with E-state index in [2.05, 4.69) is 16.0 Å². The number of urea groups is 1. The SMILES string of the molecule is COC(=O)[C@H](Cc1ccccc1)NC(=O)N[C@H](C)NC(=O)OC(C)(C)C. The molecular weight excluding hydrogens is 338 g/mol. The molecule has 1 aromatic carbocycles. The number of methoxy groups -OCH3 is 1. The number of carbonyl (C=O) groups is 3. The summed E-state index contributed by atoms with van der Waals surface area (Å²) in [4.78, 5) is 35.7. The predicted octanol–water partition coefficient (Wildman–Crippen LogP) is 1.94. The lowest BCUT2D eigenvalue weighted by Crippen LogP contribution is -2.54. The number of amides is 3. The van der Waals surface area contributed by atoms with Crippen LogP contribution in [0.15, 0.2) is 30.3 Å². The summed E-state index contributed by atoms with van der Waals surface area (Å²) in [5, 5.41) is 7.56. The lowest BCUT2D eigenvalue weighted by molar-refractivity contribution is -0.142. The Morgan fingerprint density at radius 1 is 1.04 bits per heavy atom. The highest BCUT2D eigenvalue weighted by Crippen LogP contribution is 2.07. The average Bonchev–Trinajstić information content (AvgIpc) is 2.52. The largest absolute Gasteiger partial charge is 0.467 e. The van der Waals surface area contributed by atoms with E-state index < -0.39 is 35.9 Å². The fraction of sp³-hybridized carbons (Fsp3) is 0.500. The molecule has 8 nitrogen and oxygen atoms in total. The van der Waals surface area contributed by atoms with Crippen LogP contribution in [0.4, 0.5) is 9.59 Å². The molecule has 0 aliphatic heterocycles. The first kappa shape index (κ1) is 21.3. The summed E-state index contributed by atoms with van der Waals surface area (Å²) in [6.07, 6.45) is -1.06. The van der Waals surface area contributed by atoms with Gasteiger partial charge in [0.05, 0.1) is 7.11 Å². The summed E-state index contributed by atoms with van der Waals surface area (Å²) >= 11 is 0. The minimum absolute atomic E-state index is 0.287. The molecule has 0 aliphatic carbocycles. The van der Waals surface area contributed by atoms with Gasteiger partial charge in [-0.3, -0.25) is 0 Å². The van der Waals surface area contributed by atoms with Crippen molar-refractivity contribution in [3.05, 3.63) is 35.9 Å². The van der Waals surface area contributed by atoms with Crippen molar-refractivity contribution in [1.29, 1.82) is 0 Å². The number of esters is 1. The molecule has 1 rings (SSSR count). The van der Waals surface area contributed by atoms with E-state index >= 15 is 0 Å². The number of ether oxygens (including phenoxy) is 2. The Balaban J connectivity index is 2.58. The van der Waals surface area contributed by atoms with Crippen LogP contribution in [-0.4, -0.2) is 43.0 Å². The molecule has 0 aliphatic rings. The maximum Gasteiger partial charge on any atom is 0.409 e. The van der Waals surface area contributed by atoms with Crippen LogP contribution in [0, 0.1) is 0 Å². The van der Waals surface area contributed by atoms with Crippen molar-refractivity contribution in [3.8, 4) is 0 Å². The highest BCUT2D eigenvalue weighted by Gasteiger charge is 2.23. The Labute approximate surface area is 153 Å². The highest BCUT2D eigenvalue weighted by molar-refractivity contribution is 5.84. The normalized spacial score (nSPS) is 13.1. The van der Waals surface area contributed by atoms with Gasteiger partial charge in [-0.2, -0.15) is 0 Å². The molecule has 0 heterocycles. The molecule has 3 N–H and O–H groups in total. The van der Waals surface area contributed by atoms with Crippen LogP contribution in [0.5, 0.6) is 0 Å². The van der Waals surface area contributed by atoms with Crippen molar-refractivity contribution in [2.75, 3.05) is 7.11 Å². The van der Waals surface area contributed by atoms with Crippen LogP contribution >= 0.6 is 0 Å². The zero-order valence-corrected chi connectivity index (χ0v) is 15.8. The fourth-order valence-corrected chi connectivity index (χ4v) is 2.10. The molecule has 8 heteroatoms. The van der Waals surface area contributed by atoms with E-state index in [9.17, 15) is 14.4 Å². The molecule has 144 valence electrons. The molecule has 0 saturated carbocycles. The maximum atomic E-state index is 12.1. The Hall–Kier alpha value is -2.77. The first-order chi connectivity index (χ1) is 12.1. The number of nitrogens with one attached hydrogen (secondary N) is 3. The highest BCUT2D eigenvalue weighted by atomic mass is 16.6. The number of alkyl carbamates (subject to hydrolysis) is 1. The maximum absolute atomic E-state index is 12.1. The summed E-state index contributed by atoms with van der Waals surface area (Å²) in [5.74, 6) is -0.559. The van der Waals surface area contributed by atoms with E-state index in [4.69, 9.17) is 9.47 Å². The summed E-state index contributed by atoms with van der Waals surface area (Å²) in [7, 11) is 1.26. The van der Waals surface area contributed by atoms with Crippen LogP contribution in [0.3, 0.4) is 0 Å². The van der Waals surface area contributed by atoms with Gasteiger partial charge in [0.25, 0.3) is 0 Å². The summed E-state index contributed by atoms with van der Waals surface area (Å²) in [6, 6.07) is 7.79. The third-order valence-corrected chi connectivity index (χ3v) is 3.15. The molecule has 0 radical (unpaired) electrons. The van der Waals surface area contributed by atoms with Gasteiger partial charge in [-0.15, -0.1) is 0 Å². The second kappa shape index (κ2) is 9.65. The molecule has 26 heavy (non-hydrogen) atoms. The first-order valence-electron chi connectivity index (χ1n) is 8.29. The lowest BCUT2D eigenvalue weighted by atomic mass is 10.1. The first-order valence-corrected chi connectivity index (χ1v) is 8.29. The Kier molecular flexibility index (Phi) is 7.89. The van der Waals surface area contributed by atoms with Crippen molar-refractivity contribution in [2.45, 2.75) is 51.9 Å². The molecule has 0 fully saturated rings. The van der Waals surface area contributed by atoms with Crippen LogP contribution < -0.4 is 16.0 Å². The Bertz CT molecular complexity index is 613.